The molecule has 2 heterocycles. The van der Waals surface area contributed by atoms with Gasteiger partial charge in [0.05, 0.1) is 11.4 Å². The Morgan fingerprint density at radius 2 is 2.04 bits per heavy atom. The second-order valence-corrected chi connectivity index (χ2v) is 8.42. The first kappa shape index (κ1) is 18.8. The van der Waals surface area contributed by atoms with Gasteiger partial charge in [-0.1, -0.05) is 19.1 Å². The zero-order valence-electron chi connectivity index (χ0n) is 15.1. The van der Waals surface area contributed by atoms with Gasteiger partial charge in [-0.25, -0.2) is 8.42 Å². The molecular formula is C18H26N4O3S. The van der Waals surface area contributed by atoms with E-state index < -0.39 is 10.0 Å². The molecule has 2 N–H and O–H groups in total. The second kappa shape index (κ2) is 8.18. The van der Waals surface area contributed by atoms with Gasteiger partial charge in [0, 0.05) is 31.1 Å². The Morgan fingerprint density at radius 1 is 1.31 bits per heavy atom. The van der Waals surface area contributed by atoms with Crippen molar-refractivity contribution in [2.75, 3.05) is 26.2 Å². The molecule has 0 aliphatic carbocycles. The molecule has 142 valence electrons. The highest BCUT2D eigenvalue weighted by Gasteiger charge is 2.30. The summed E-state index contributed by atoms with van der Waals surface area (Å²) >= 11 is 0. The molecule has 0 aromatic heterocycles. The molecule has 1 saturated heterocycles. The lowest BCUT2D eigenvalue weighted by Gasteiger charge is -2.32. The number of amides is 1. The number of nitrogens with one attached hydrogen (secondary N) is 2. The van der Waals surface area contributed by atoms with Crippen molar-refractivity contribution >= 4 is 21.8 Å². The van der Waals surface area contributed by atoms with Gasteiger partial charge >= 0.3 is 0 Å². The fourth-order valence-electron chi connectivity index (χ4n) is 3.44. The van der Waals surface area contributed by atoms with E-state index in [0.29, 0.717) is 11.4 Å². The van der Waals surface area contributed by atoms with Gasteiger partial charge in [0.15, 0.2) is 0 Å². The van der Waals surface area contributed by atoms with E-state index in [-0.39, 0.29) is 29.8 Å². The maximum atomic E-state index is 12.1. The predicted molar refractivity (Wildman–Crippen MR) is 101 cm³/mol. The van der Waals surface area contributed by atoms with E-state index >= 15 is 0 Å². The van der Waals surface area contributed by atoms with Gasteiger partial charge in [-0.05, 0) is 37.9 Å². The monoisotopic (exact) mass is 378 g/mol. The average Bonchev–Trinajstić information content (AvgIpc) is 2.88. The molecule has 26 heavy (non-hydrogen) atoms. The topological polar surface area (TPSA) is 90.9 Å². The molecule has 0 bridgehead atoms. The lowest BCUT2D eigenvalue weighted by atomic mass is 10.0. The highest BCUT2D eigenvalue weighted by molar-refractivity contribution is 7.90. The summed E-state index contributed by atoms with van der Waals surface area (Å²) in [6.45, 7) is 5.61. The number of amidine groups is 1. The normalized spacial score (nSPS) is 21.3. The summed E-state index contributed by atoms with van der Waals surface area (Å²) in [4.78, 5) is 19.1. The highest BCUT2D eigenvalue weighted by atomic mass is 32.2. The number of piperidine rings is 1. The van der Waals surface area contributed by atoms with E-state index in [4.69, 9.17) is 0 Å². The second-order valence-electron chi connectivity index (χ2n) is 6.77. The molecule has 3 rings (SSSR count). The lowest BCUT2D eigenvalue weighted by molar-refractivity contribution is -0.121. The van der Waals surface area contributed by atoms with E-state index in [1.807, 2.05) is 0 Å². The number of benzene rings is 1. The van der Waals surface area contributed by atoms with Crippen LogP contribution in [0.4, 0.5) is 0 Å². The highest BCUT2D eigenvalue weighted by Crippen LogP contribution is 2.22. The molecule has 0 atom stereocenters. The van der Waals surface area contributed by atoms with Crippen LogP contribution in [0.25, 0.3) is 0 Å². The standard InChI is InChI=1S/C18H26N4O3S/c1-2-11-22-12-8-14(9-13-22)20-17(23)7-10-19-18-15-5-3-4-6-16(15)26(24,25)21-18/h3-6,14H,2,7-13H2,1H3,(H,19,21)(H,20,23). The number of hydrogen-bond acceptors (Lipinski definition) is 5. The van der Waals surface area contributed by atoms with Crippen molar-refractivity contribution in [2.45, 2.75) is 43.5 Å². The Balaban J connectivity index is 1.48. The fraction of sp³-hybridized carbons (Fsp3) is 0.556. The van der Waals surface area contributed by atoms with Crippen LogP contribution in [0.5, 0.6) is 0 Å². The van der Waals surface area contributed by atoms with Crippen molar-refractivity contribution in [3.8, 4) is 0 Å². The Kier molecular flexibility index (Phi) is 5.93. The third kappa shape index (κ3) is 4.42. The third-order valence-corrected chi connectivity index (χ3v) is 6.16. The van der Waals surface area contributed by atoms with Crippen LogP contribution in [0.2, 0.25) is 0 Å². The SMILES string of the molecule is CCCN1CCC(NC(=O)CCN=C2NS(=O)(=O)c3ccccc32)CC1. The number of hydrogen-bond donors (Lipinski definition) is 2. The van der Waals surface area contributed by atoms with E-state index in [0.717, 1.165) is 38.9 Å². The van der Waals surface area contributed by atoms with Crippen LogP contribution in [0.3, 0.4) is 0 Å². The van der Waals surface area contributed by atoms with Crippen LogP contribution in [0.15, 0.2) is 34.2 Å². The Hall–Kier alpha value is -1.93. The van der Waals surface area contributed by atoms with Crippen LogP contribution in [0.1, 0.15) is 38.2 Å². The Labute approximate surface area is 154 Å². The molecule has 2 aliphatic heterocycles. The summed E-state index contributed by atoms with van der Waals surface area (Å²) in [5.41, 5.74) is 0.566. The Bertz CT molecular complexity index is 783. The molecular weight excluding hydrogens is 352 g/mol. The minimum absolute atomic E-state index is 0.0302. The zero-order valence-corrected chi connectivity index (χ0v) is 15.9. The van der Waals surface area contributed by atoms with Crippen molar-refractivity contribution in [1.82, 2.24) is 14.9 Å². The van der Waals surface area contributed by atoms with Crippen LogP contribution >= 0.6 is 0 Å². The van der Waals surface area contributed by atoms with Crippen LogP contribution in [0, 0.1) is 0 Å². The number of fused-ring (bicyclic) bond motifs is 1. The van der Waals surface area contributed by atoms with Crippen molar-refractivity contribution in [2.24, 2.45) is 4.99 Å². The van der Waals surface area contributed by atoms with Gasteiger partial charge in [-0.15, -0.1) is 0 Å². The minimum atomic E-state index is -3.52. The first-order valence-corrected chi connectivity index (χ1v) is 10.7. The van der Waals surface area contributed by atoms with E-state index in [9.17, 15) is 13.2 Å². The summed E-state index contributed by atoms with van der Waals surface area (Å²) < 4.78 is 26.5. The summed E-state index contributed by atoms with van der Waals surface area (Å²) in [5.74, 6) is 0.290. The third-order valence-electron chi connectivity index (χ3n) is 4.76. The maximum Gasteiger partial charge on any atom is 0.263 e. The smallest absolute Gasteiger partial charge is 0.263 e. The molecule has 2 aliphatic rings. The van der Waals surface area contributed by atoms with Crippen molar-refractivity contribution in [3.63, 3.8) is 0 Å². The number of likely N-dealkylation sites (tertiary alicyclic amines) is 1. The van der Waals surface area contributed by atoms with Crippen LogP contribution in [-0.2, 0) is 14.8 Å². The quantitative estimate of drug-likeness (QED) is 0.776. The number of carbonyl (C=O) groups is 1. The first-order valence-electron chi connectivity index (χ1n) is 9.18. The Morgan fingerprint density at radius 3 is 2.77 bits per heavy atom. The van der Waals surface area contributed by atoms with Gasteiger partial charge < -0.3 is 10.2 Å². The number of sulfonamides is 1. The molecule has 1 aromatic carbocycles. The molecule has 0 radical (unpaired) electrons. The van der Waals surface area contributed by atoms with Gasteiger partial charge in [0.1, 0.15) is 5.84 Å². The van der Waals surface area contributed by atoms with Gasteiger partial charge in [0.25, 0.3) is 10.0 Å². The van der Waals surface area contributed by atoms with Crippen molar-refractivity contribution in [3.05, 3.63) is 29.8 Å². The molecule has 1 aromatic rings. The van der Waals surface area contributed by atoms with E-state index in [2.05, 4.69) is 26.9 Å². The maximum absolute atomic E-state index is 12.1. The van der Waals surface area contributed by atoms with Crippen molar-refractivity contribution < 1.29 is 13.2 Å². The summed E-state index contributed by atoms with van der Waals surface area (Å²) in [5, 5.41) is 3.07. The molecule has 0 unspecified atom stereocenters. The predicted octanol–water partition coefficient (Wildman–Crippen LogP) is 1.11. The summed E-state index contributed by atoms with van der Waals surface area (Å²) in [7, 11) is -3.52. The molecule has 8 heteroatoms. The van der Waals surface area contributed by atoms with E-state index in [1.165, 1.54) is 0 Å². The molecule has 0 saturated carbocycles. The minimum Gasteiger partial charge on any atom is -0.353 e. The van der Waals surface area contributed by atoms with Gasteiger partial charge in [0.2, 0.25) is 5.91 Å². The first-order chi connectivity index (χ1) is 12.5. The fourth-order valence-corrected chi connectivity index (χ4v) is 4.69. The van der Waals surface area contributed by atoms with Gasteiger partial charge in [-0.3, -0.25) is 14.5 Å². The zero-order chi connectivity index (χ0) is 18.6. The average molecular weight is 378 g/mol. The van der Waals surface area contributed by atoms with Crippen molar-refractivity contribution in [1.29, 1.82) is 0 Å². The molecule has 1 fully saturated rings. The largest absolute Gasteiger partial charge is 0.353 e. The summed E-state index contributed by atoms with van der Waals surface area (Å²) in [6.07, 6.45) is 3.37. The molecule has 0 spiro atoms. The number of nitrogens with zero attached hydrogens (tertiary/aromatic N) is 2. The van der Waals surface area contributed by atoms with Crippen LogP contribution < -0.4 is 10.0 Å². The lowest BCUT2D eigenvalue weighted by Crippen LogP contribution is -2.44. The number of aliphatic imine (C=N–C) groups is 1. The van der Waals surface area contributed by atoms with Gasteiger partial charge in [-0.2, -0.15) is 0 Å². The number of carbonyl (C=O) groups excluding carboxylic acids is 1. The van der Waals surface area contributed by atoms with E-state index in [1.54, 1.807) is 24.3 Å². The summed E-state index contributed by atoms with van der Waals surface area (Å²) in [6, 6.07) is 6.96. The molecule has 7 nitrogen and oxygen atoms in total. The van der Waals surface area contributed by atoms with Crippen LogP contribution in [-0.4, -0.2) is 57.3 Å². The number of rotatable bonds is 6. The molecule has 1 amide bonds.